The predicted octanol–water partition coefficient (Wildman–Crippen LogP) is 3.99. The van der Waals surface area contributed by atoms with E-state index in [9.17, 15) is 9.18 Å². The van der Waals surface area contributed by atoms with Gasteiger partial charge in [-0.2, -0.15) is 0 Å². The van der Waals surface area contributed by atoms with Crippen LogP contribution in [0.4, 0.5) is 4.39 Å². The van der Waals surface area contributed by atoms with Gasteiger partial charge in [0.2, 0.25) is 0 Å². The highest BCUT2D eigenvalue weighted by atomic mass is 35.5. The summed E-state index contributed by atoms with van der Waals surface area (Å²) in [6, 6.07) is 4.47. The van der Waals surface area contributed by atoms with E-state index < -0.39 is 11.8 Å². The van der Waals surface area contributed by atoms with Gasteiger partial charge in [0, 0.05) is 0 Å². The molecule has 1 atom stereocenters. The van der Waals surface area contributed by atoms with Crippen molar-refractivity contribution in [3.05, 3.63) is 40.7 Å². The van der Waals surface area contributed by atoms with Gasteiger partial charge in [0.25, 0.3) is 0 Å². The molecule has 1 aromatic rings. The molecular formula is C13H14ClFO2. The van der Waals surface area contributed by atoms with Crippen LogP contribution in [-0.2, 0) is 4.79 Å². The normalized spacial score (nSPS) is 12.9. The van der Waals surface area contributed by atoms with E-state index in [1.165, 1.54) is 12.1 Å². The molecule has 0 saturated carbocycles. The van der Waals surface area contributed by atoms with Crippen LogP contribution < -0.4 is 0 Å². The fourth-order valence-corrected chi connectivity index (χ4v) is 1.49. The largest absolute Gasteiger partial charge is 0.481 e. The molecule has 0 bridgehead atoms. The zero-order valence-corrected chi connectivity index (χ0v) is 10.2. The SMILES string of the molecule is CC(CC/C=C/c1ccc(F)c(Cl)c1)C(=O)O. The first-order valence-corrected chi connectivity index (χ1v) is 5.73. The van der Waals surface area contributed by atoms with Gasteiger partial charge >= 0.3 is 5.97 Å². The highest BCUT2D eigenvalue weighted by molar-refractivity contribution is 6.30. The molecule has 0 spiro atoms. The molecule has 0 aliphatic rings. The van der Waals surface area contributed by atoms with Gasteiger partial charge in [-0.25, -0.2) is 4.39 Å². The standard InChI is InChI=1S/C13H14ClFO2/c1-9(13(16)17)4-2-3-5-10-6-7-12(15)11(14)8-10/h3,5-9H,2,4H2,1H3,(H,16,17)/b5-3+. The van der Waals surface area contributed by atoms with Gasteiger partial charge in [0.1, 0.15) is 5.82 Å². The lowest BCUT2D eigenvalue weighted by atomic mass is 10.1. The molecule has 4 heteroatoms. The van der Waals surface area contributed by atoms with Crippen LogP contribution in [0.15, 0.2) is 24.3 Å². The molecule has 0 aliphatic carbocycles. The summed E-state index contributed by atoms with van der Waals surface area (Å²) in [5.74, 6) is -1.58. The first kappa shape index (κ1) is 13.7. The van der Waals surface area contributed by atoms with Crippen LogP contribution in [0.3, 0.4) is 0 Å². The van der Waals surface area contributed by atoms with Gasteiger partial charge in [-0.05, 0) is 30.5 Å². The van der Waals surface area contributed by atoms with E-state index in [-0.39, 0.29) is 10.9 Å². The van der Waals surface area contributed by atoms with E-state index in [1.54, 1.807) is 19.1 Å². The summed E-state index contributed by atoms with van der Waals surface area (Å²) in [6.45, 7) is 1.67. The highest BCUT2D eigenvalue weighted by Gasteiger charge is 2.08. The Labute approximate surface area is 105 Å². The molecule has 1 rings (SSSR count). The molecule has 0 aliphatic heterocycles. The van der Waals surface area contributed by atoms with Gasteiger partial charge in [0.15, 0.2) is 0 Å². The highest BCUT2D eigenvalue weighted by Crippen LogP contribution is 2.17. The minimum Gasteiger partial charge on any atom is -0.481 e. The Balaban J connectivity index is 2.48. The molecule has 0 heterocycles. The van der Waals surface area contributed by atoms with Gasteiger partial charge in [0.05, 0.1) is 10.9 Å². The number of rotatable bonds is 5. The summed E-state index contributed by atoms with van der Waals surface area (Å²) in [4.78, 5) is 10.6. The van der Waals surface area contributed by atoms with Gasteiger partial charge < -0.3 is 5.11 Å². The van der Waals surface area contributed by atoms with E-state index in [0.29, 0.717) is 12.8 Å². The zero-order valence-electron chi connectivity index (χ0n) is 9.49. The van der Waals surface area contributed by atoms with Crippen molar-refractivity contribution in [2.45, 2.75) is 19.8 Å². The Hall–Kier alpha value is -1.35. The number of benzene rings is 1. The van der Waals surface area contributed by atoms with Crippen molar-refractivity contribution in [1.82, 2.24) is 0 Å². The second-order valence-electron chi connectivity index (χ2n) is 3.89. The minimum absolute atomic E-state index is 0.0889. The Morgan fingerprint density at radius 2 is 2.29 bits per heavy atom. The van der Waals surface area contributed by atoms with Crippen LogP contribution in [0.25, 0.3) is 6.08 Å². The third-order valence-electron chi connectivity index (χ3n) is 2.44. The monoisotopic (exact) mass is 256 g/mol. The Bertz CT molecular complexity index is 429. The predicted molar refractivity (Wildman–Crippen MR) is 66.5 cm³/mol. The van der Waals surface area contributed by atoms with Crippen LogP contribution >= 0.6 is 11.6 Å². The van der Waals surface area contributed by atoms with Crippen molar-refractivity contribution >= 4 is 23.6 Å². The van der Waals surface area contributed by atoms with Crippen LogP contribution in [-0.4, -0.2) is 11.1 Å². The summed E-state index contributed by atoms with van der Waals surface area (Å²) >= 11 is 5.63. The number of hydrogen-bond donors (Lipinski definition) is 1. The summed E-state index contributed by atoms with van der Waals surface area (Å²) in [7, 11) is 0. The van der Waals surface area contributed by atoms with Crippen molar-refractivity contribution < 1.29 is 14.3 Å². The molecule has 2 nitrogen and oxygen atoms in total. The number of allylic oxidation sites excluding steroid dienone is 1. The lowest BCUT2D eigenvalue weighted by molar-refractivity contribution is -0.141. The summed E-state index contributed by atoms with van der Waals surface area (Å²) < 4.78 is 12.9. The third-order valence-corrected chi connectivity index (χ3v) is 2.73. The van der Waals surface area contributed by atoms with Gasteiger partial charge in [-0.3, -0.25) is 4.79 Å². The smallest absolute Gasteiger partial charge is 0.306 e. The first-order chi connectivity index (χ1) is 8.00. The fourth-order valence-electron chi connectivity index (χ4n) is 1.31. The number of carboxylic acid groups (broad SMARTS) is 1. The second kappa shape index (κ2) is 6.40. The van der Waals surface area contributed by atoms with Crippen molar-refractivity contribution in [2.24, 2.45) is 5.92 Å². The second-order valence-corrected chi connectivity index (χ2v) is 4.30. The molecule has 92 valence electrons. The summed E-state index contributed by atoms with van der Waals surface area (Å²) in [5.41, 5.74) is 0.805. The Morgan fingerprint density at radius 1 is 1.59 bits per heavy atom. The number of halogens is 2. The summed E-state index contributed by atoms with van der Waals surface area (Å²) in [6.07, 6.45) is 4.92. The van der Waals surface area contributed by atoms with E-state index in [1.807, 2.05) is 6.08 Å². The maximum Gasteiger partial charge on any atom is 0.306 e. The van der Waals surface area contributed by atoms with E-state index in [2.05, 4.69) is 0 Å². The van der Waals surface area contributed by atoms with Crippen molar-refractivity contribution in [3.8, 4) is 0 Å². The molecule has 1 aromatic carbocycles. The molecule has 0 aromatic heterocycles. The van der Waals surface area contributed by atoms with Crippen LogP contribution in [0.2, 0.25) is 5.02 Å². The molecule has 17 heavy (non-hydrogen) atoms. The maximum absolute atomic E-state index is 12.9. The van der Waals surface area contributed by atoms with E-state index >= 15 is 0 Å². The van der Waals surface area contributed by atoms with Crippen LogP contribution in [0.5, 0.6) is 0 Å². The molecule has 0 amide bonds. The van der Waals surface area contributed by atoms with Crippen molar-refractivity contribution in [1.29, 1.82) is 0 Å². The summed E-state index contributed by atoms with van der Waals surface area (Å²) in [5, 5.41) is 8.77. The molecule has 0 radical (unpaired) electrons. The van der Waals surface area contributed by atoms with Crippen molar-refractivity contribution in [2.75, 3.05) is 0 Å². The van der Waals surface area contributed by atoms with Gasteiger partial charge in [-0.1, -0.05) is 36.7 Å². The number of hydrogen-bond acceptors (Lipinski definition) is 1. The zero-order chi connectivity index (χ0) is 12.8. The number of carbonyl (C=O) groups is 1. The van der Waals surface area contributed by atoms with Crippen molar-refractivity contribution in [3.63, 3.8) is 0 Å². The molecule has 1 N–H and O–H groups in total. The number of aliphatic carboxylic acids is 1. The van der Waals surface area contributed by atoms with Gasteiger partial charge in [-0.15, -0.1) is 0 Å². The topological polar surface area (TPSA) is 37.3 Å². The lowest BCUT2D eigenvalue weighted by Crippen LogP contribution is -2.08. The Kier molecular flexibility index (Phi) is 5.16. The first-order valence-electron chi connectivity index (χ1n) is 5.35. The van der Waals surface area contributed by atoms with E-state index in [4.69, 9.17) is 16.7 Å². The minimum atomic E-state index is -0.789. The van der Waals surface area contributed by atoms with Crippen LogP contribution in [0.1, 0.15) is 25.3 Å². The number of carboxylic acids is 1. The van der Waals surface area contributed by atoms with Crippen LogP contribution in [0, 0.1) is 11.7 Å². The average molecular weight is 257 g/mol. The Morgan fingerprint density at radius 3 is 2.88 bits per heavy atom. The quantitative estimate of drug-likeness (QED) is 0.865. The molecule has 1 unspecified atom stereocenters. The fraction of sp³-hybridized carbons (Fsp3) is 0.308. The maximum atomic E-state index is 12.9. The average Bonchev–Trinajstić information content (AvgIpc) is 2.28. The van der Waals surface area contributed by atoms with E-state index in [0.717, 1.165) is 5.56 Å². The molecular weight excluding hydrogens is 243 g/mol. The molecule has 0 saturated heterocycles. The third kappa shape index (κ3) is 4.57. The molecule has 0 fully saturated rings. The lowest BCUT2D eigenvalue weighted by Gasteiger charge is -2.02.